The molecule has 2 bridgehead atoms. The van der Waals surface area contributed by atoms with E-state index in [1.807, 2.05) is 0 Å². The van der Waals surface area contributed by atoms with E-state index in [0.717, 1.165) is 38.4 Å². The highest BCUT2D eigenvalue weighted by Crippen LogP contribution is 2.67. The highest BCUT2D eigenvalue weighted by Gasteiger charge is 2.66. The maximum Gasteiger partial charge on any atom is 0.277 e. The van der Waals surface area contributed by atoms with E-state index in [1.54, 1.807) is 0 Å². The fraction of sp³-hybridized carbons (Fsp3) is 0.905. The lowest BCUT2D eigenvalue weighted by molar-refractivity contribution is -0.128. The second kappa shape index (κ2) is 7.09. The van der Waals surface area contributed by atoms with Crippen LogP contribution in [0.4, 0.5) is 0 Å². The Bertz CT molecular complexity index is 755. The second-order valence-corrected chi connectivity index (χ2v) is 15.1. The molecule has 0 radical (unpaired) electrons. The Morgan fingerprint density at radius 3 is 2.43 bits per heavy atom. The molecule has 1 heterocycles. The lowest BCUT2D eigenvalue weighted by atomic mass is 9.70. The fourth-order valence-corrected chi connectivity index (χ4v) is 14.1. The summed E-state index contributed by atoms with van der Waals surface area (Å²) in [4.78, 5) is 24.3. The number of Topliss-reactive ketones (excluding diaryl/α,β-unsaturated/α-hetero) is 1. The first kappa shape index (κ1) is 20.9. The van der Waals surface area contributed by atoms with Crippen LogP contribution in [0.1, 0.15) is 71.6 Å². The van der Waals surface area contributed by atoms with E-state index in [-0.39, 0.29) is 33.9 Å². The molecule has 1 saturated heterocycles. The third kappa shape index (κ3) is 3.11. The van der Waals surface area contributed by atoms with Crippen LogP contribution in [0.15, 0.2) is 0 Å². The molecule has 28 heavy (non-hydrogen) atoms. The highest BCUT2D eigenvalue weighted by atomic mass is 32.3. The number of hydrogen-bond donors (Lipinski definition) is 0. The third-order valence-corrected chi connectivity index (χ3v) is 14.8. The molecule has 7 heteroatoms. The summed E-state index contributed by atoms with van der Waals surface area (Å²) in [6.07, 6.45) is 9.48. The molecular formula is C21H34O5S2. The molecule has 0 spiro atoms. The topological polar surface area (TPSA) is 77.5 Å². The molecular weight excluding hydrogens is 396 g/mol. The van der Waals surface area contributed by atoms with E-state index in [2.05, 4.69) is 13.8 Å². The van der Waals surface area contributed by atoms with Crippen LogP contribution >= 0.6 is 10.3 Å². The third-order valence-electron chi connectivity index (χ3n) is 8.61. The Morgan fingerprint density at radius 1 is 1.14 bits per heavy atom. The molecule has 0 aromatic heterocycles. The van der Waals surface area contributed by atoms with Crippen LogP contribution in [-0.2, 0) is 23.3 Å². The number of hydrogen-bond acceptors (Lipinski definition) is 5. The smallest absolute Gasteiger partial charge is 0.277 e. The lowest BCUT2D eigenvalue weighted by Gasteiger charge is -2.43. The number of fused-ring (bicyclic) bond motifs is 2. The Hall–Kier alpha value is -0.400. The van der Waals surface area contributed by atoms with E-state index in [4.69, 9.17) is 3.63 Å². The van der Waals surface area contributed by atoms with Crippen molar-refractivity contribution >= 4 is 32.5 Å². The fourth-order valence-electron chi connectivity index (χ4n) is 6.89. The van der Waals surface area contributed by atoms with Gasteiger partial charge < -0.3 is 4.79 Å². The molecule has 3 aliphatic carbocycles. The van der Waals surface area contributed by atoms with Crippen molar-refractivity contribution in [2.75, 3.05) is 17.3 Å². The van der Waals surface area contributed by atoms with Gasteiger partial charge in [0.25, 0.3) is 10.1 Å². The van der Waals surface area contributed by atoms with Crippen molar-refractivity contribution in [3.63, 3.8) is 0 Å². The van der Waals surface area contributed by atoms with Gasteiger partial charge in [0, 0.05) is 17.4 Å². The maximum atomic E-state index is 13.3. The quantitative estimate of drug-likeness (QED) is 0.571. The zero-order valence-corrected chi connectivity index (χ0v) is 18.8. The van der Waals surface area contributed by atoms with Gasteiger partial charge in [-0.3, -0.25) is 4.79 Å². The summed E-state index contributed by atoms with van der Waals surface area (Å²) < 4.78 is 32.7. The van der Waals surface area contributed by atoms with Crippen molar-refractivity contribution in [3.05, 3.63) is 0 Å². The molecule has 4 atom stereocenters. The van der Waals surface area contributed by atoms with Gasteiger partial charge in [-0.15, -0.1) is 10.3 Å². The van der Waals surface area contributed by atoms with Crippen LogP contribution in [0, 0.1) is 22.7 Å². The molecule has 0 aromatic rings. The van der Waals surface area contributed by atoms with Crippen molar-refractivity contribution in [3.8, 4) is 0 Å². The minimum Gasteiger partial charge on any atom is -0.302 e. The van der Waals surface area contributed by atoms with Gasteiger partial charge in [0.05, 0.1) is 16.9 Å². The van der Waals surface area contributed by atoms with E-state index < -0.39 is 25.8 Å². The summed E-state index contributed by atoms with van der Waals surface area (Å²) in [5.74, 6) is 1.60. The molecule has 0 amide bonds. The van der Waals surface area contributed by atoms with Gasteiger partial charge in [-0.25, -0.2) is 3.63 Å². The van der Waals surface area contributed by atoms with Crippen molar-refractivity contribution in [1.29, 1.82) is 0 Å². The molecule has 5 nitrogen and oxygen atoms in total. The van der Waals surface area contributed by atoms with Crippen molar-refractivity contribution in [2.45, 2.75) is 76.9 Å². The van der Waals surface area contributed by atoms with Gasteiger partial charge in [-0.2, -0.15) is 8.42 Å². The maximum absolute atomic E-state index is 13.3. The minimum absolute atomic E-state index is 0.0964. The molecule has 0 N–H and O–H groups in total. The lowest BCUT2D eigenvalue weighted by Crippen LogP contribution is -2.43. The van der Waals surface area contributed by atoms with Crippen molar-refractivity contribution in [1.82, 2.24) is 0 Å². The van der Waals surface area contributed by atoms with Crippen LogP contribution < -0.4 is 0 Å². The first-order valence-electron chi connectivity index (χ1n) is 10.8. The highest BCUT2D eigenvalue weighted by molar-refractivity contribution is 8.34. The summed E-state index contributed by atoms with van der Waals surface area (Å²) in [5.41, 5.74) is -1.10. The summed E-state index contributed by atoms with van der Waals surface area (Å²) in [6, 6.07) is 0. The summed E-state index contributed by atoms with van der Waals surface area (Å²) in [5, 5.41) is 0.219. The molecule has 4 rings (SSSR count). The standard InChI is InChI=1S/C21H34O5S2/c1-20(2)17-9-10-21(20,19(23)14-17)15-28(24,25)26-27(13-11-22)12-5-8-18(27)16-6-3-4-7-16/h11,16-18H,3-10,12-15H2,1-2H3. The zero-order chi connectivity index (χ0) is 20.2. The Balaban J connectivity index is 1.60. The van der Waals surface area contributed by atoms with Gasteiger partial charge in [0.15, 0.2) is 0 Å². The summed E-state index contributed by atoms with van der Waals surface area (Å²) in [6.45, 7) is 4.10. The van der Waals surface area contributed by atoms with E-state index in [1.165, 1.54) is 12.8 Å². The second-order valence-electron chi connectivity index (χ2n) is 10.1. The van der Waals surface area contributed by atoms with Crippen LogP contribution in [0.2, 0.25) is 0 Å². The van der Waals surface area contributed by atoms with Gasteiger partial charge in [-0.1, -0.05) is 26.7 Å². The Labute approximate surface area is 171 Å². The molecule has 4 aliphatic rings. The summed E-state index contributed by atoms with van der Waals surface area (Å²) >= 11 is 0. The minimum atomic E-state index is -3.88. The molecule has 1 aliphatic heterocycles. The predicted molar refractivity (Wildman–Crippen MR) is 112 cm³/mol. The molecule has 4 fully saturated rings. The van der Waals surface area contributed by atoms with Crippen LogP contribution in [0.5, 0.6) is 0 Å². The first-order chi connectivity index (χ1) is 13.2. The number of carbonyl (C=O) groups is 2. The van der Waals surface area contributed by atoms with Crippen LogP contribution in [0.25, 0.3) is 0 Å². The van der Waals surface area contributed by atoms with Crippen molar-refractivity contribution in [2.24, 2.45) is 22.7 Å². The van der Waals surface area contributed by atoms with Gasteiger partial charge >= 0.3 is 0 Å². The number of aldehydes is 1. The largest absolute Gasteiger partial charge is 0.302 e. The van der Waals surface area contributed by atoms with Crippen LogP contribution in [0.3, 0.4) is 0 Å². The zero-order valence-electron chi connectivity index (χ0n) is 17.2. The molecule has 4 unspecified atom stereocenters. The van der Waals surface area contributed by atoms with Gasteiger partial charge in [0.2, 0.25) is 0 Å². The molecule has 0 aromatic carbocycles. The number of ketones is 1. The average Bonchev–Trinajstić information content (AvgIpc) is 3.32. The molecule has 160 valence electrons. The first-order valence-corrected chi connectivity index (χ1v) is 14.4. The Kier molecular flexibility index (Phi) is 5.28. The molecule has 3 saturated carbocycles. The van der Waals surface area contributed by atoms with Crippen LogP contribution in [-0.4, -0.2) is 43.0 Å². The van der Waals surface area contributed by atoms with E-state index in [9.17, 15) is 18.0 Å². The van der Waals surface area contributed by atoms with Crippen molar-refractivity contribution < 1.29 is 21.6 Å². The van der Waals surface area contributed by atoms with E-state index >= 15 is 0 Å². The number of carbonyl (C=O) groups excluding carboxylic acids is 2. The Morgan fingerprint density at radius 2 is 1.86 bits per heavy atom. The van der Waals surface area contributed by atoms with Gasteiger partial charge in [0.1, 0.15) is 12.1 Å². The SMILES string of the molecule is CC1(C)C2CCC1(CS(=O)(=O)OS1(CC=O)CCCC1C1CCCC1)C(=O)C2. The number of rotatable bonds is 7. The van der Waals surface area contributed by atoms with Gasteiger partial charge in [-0.05, 0) is 55.8 Å². The summed E-state index contributed by atoms with van der Waals surface area (Å²) in [7, 11) is -5.86. The van der Waals surface area contributed by atoms with E-state index in [0.29, 0.717) is 24.5 Å². The normalized spacial score (nSPS) is 42.7. The monoisotopic (exact) mass is 430 g/mol. The predicted octanol–water partition coefficient (Wildman–Crippen LogP) is 4.00. The average molecular weight is 431 g/mol.